The standard InChI is InChI=1S/C16H30O4Si/c1-14(2,3)21(6,7)18-9-16-8-10(16)11(17)12-13(16)20-15(4,5)19-12/h10-13,17H,8-9H2,1-7H3/t10-,11+,12+,13+,16+/m1/s1. The summed E-state index contributed by atoms with van der Waals surface area (Å²) in [6.45, 7) is 15.9. The van der Waals surface area contributed by atoms with Crippen LogP contribution in [0.3, 0.4) is 0 Å². The lowest BCUT2D eigenvalue weighted by atomic mass is 10.0. The highest BCUT2D eigenvalue weighted by Gasteiger charge is 2.75. The van der Waals surface area contributed by atoms with Crippen LogP contribution in [0.5, 0.6) is 0 Å². The molecule has 0 spiro atoms. The lowest BCUT2D eigenvalue weighted by Crippen LogP contribution is -2.44. The van der Waals surface area contributed by atoms with Crippen molar-refractivity contribution in [2.45, 2.75) is 83.3 Å². The van der Waals surface area contributed by atoms with Gasteiger partial charge in [0.25, 0.3) is 0 Å². The second-order valence-corrected chi connectivity index (χ2v) is 13.9. The Hall–Kier alpha value is 0.0569. The van der Waals surface area contributed by atoms with Crippen LogP contribution in [0.2, 0.25) is 18.1 Å². The highest BCUT2D eigenvalue weighted by atomic mass is 28.4. The summed E-state index contributed by atoms with van der Waals surface area (Å²) >= 11 is 0. The minimum Gasteiger partial charge on any atom is -0.416 e. The Morgan fingerprint density at radius 2 is 1.86 bits per heavy atom. The van der Waals surface area contributed by atoms with Crippen LogP contribution in [-0.4, -0.2) is 44.1 Å². The normalized spacial score (nSPS) is 44.6. The molecule has 2 aliphatic carbocycles. The van der Waals surface area contributed by atoms with Gasteiger partial charge in [-0.25, -0.2) is 0 Å². The number of hydrogen-bond acceptors (Lipinski definition) is 4. The van der Waals surface area contributed by atoms with Gasteiger partial charge in [-0.05, 0) is 44.3 Å². The van der Waals surface area contributed by atoms with E-state index >= 15 is 0 Å². The van der Waals surface area contributed by atoms with Gasteiger partial charge in [0, 0.05) is 12.0 Å². The Balaban J connectivity index is 1.73. The van der Waals surface area contributed by atoms with Gasteiger partial charge in [0.2, 0.25) is 0 Å². The second-order valence-electron chi connectivity index (χ2n) is 9.10. The van der Waals surface area contributed by atoms with E-state index in [2.05, 4.69) is 33.9 Å². The lowest BCUT2D eigenvalue weighted by Gasteiger charge is -2.38. The number of aliphatic hydroxyl groups is 1. The van der Waals surface area contributed by atoms with Crippen molar-refractivity contribution in [3.05, 3.63) is 0 Å². The van der Waals surface area contributed by atoms with Crippen LogP contribution in [0.1, 0.15) is 41.0 Å². The van der Waals surface area contributed by atoms with E-state index in [0.717, 1.165) is 6.42 Å². The van der Waals surface area contributed by atoms with Crippen LogP contribution in [-0.2, 0) is 13.9 Å². The summed E-state index contributed by atoms with van der Waals surface area (Å²) in [7, 11) is -1.77. The van der Waals surface area contributed by atoms with Crippen LogP contribution >= 0.6 is 0 Å². The van der Waals surface area contributed by atoms with E-state index in [0.29, 0.717) is 6.61 Å². The molecule has 122 valence electrons. The molecule has 3 fully saturated rings. The molecule has 4 nitrogen and oxygen atoms in total. The van der Waals surface area contributed by atoms with Gasteiger partial charge in [-0.1, -0.05) is 20.8 Å². The zero-order chi connectivity index (χ0) is 15.8. The fraction of sp³-hybridized carbons (Fsp3) is 1.00. The first kappa shape index (κ1) is 15.9. The molecule has 3 aliphatic rings. The van der Waals surface area contributed by atoms with Gasteiger partial charge in [-0.2, -0.15) is 0 Å². The Bertz CT molecular complexity index is 442. The summed E-state index contributed by atoms with van der Waals surface area (Å²) in [5, 5.41) is 10.7. The highest BCUT2D eigenvalue weighted by molar-refractivity contribution is 6.74. The summed E-state index contributed by atoms with van der Waals surface area (Å²) < 4.78 is 18.4. The van der Waals surface area contributed by atoms with E-state index in [4.69, 9.17) is 13.9 Å². The SMILES string of the molecule is CC1(C)O[C@H]2[C@@H](O)[C@H]3C[C@@]3(CO[Si](C)(C)C(C)(C)C)[C@H]2O1. The van der Waals surface area contributed by atoms with Crippen molar-refractivity contribution in [3.8, 4) is 0 Å². The molecular weight excluding hydrogens is 284 g/mol. The summed E-state index contributed by atoms with van der Waals surface area (Å²) in [6, 6.07) is 0. The average molecular weight is 314 g/mol. The third-order valence-corrected chi connectivity index (χ3v) is 10.6. The van der Waals surface area contributed by atoms with Gasteiger partial charge in [0.15, 0.2) is 14.1 Å². The third-order valence-electron chi connectivity index (χ3n) is 6.13. The maximum atomic E-state index is 10.4. The Kier molecular flexibility index (Phi) is 3.28. The molecule has 5 heteroatoms. The smallest absolute Gasteiger partial charge is 0.192 e. The van der Waals surface area contributed by atoms with Crippen molar-refractivity contribution < 1.29 is 19.0 Å². The molecule has 0 bridgehead atoms. The molecular formula is C16H30O4Si. The largest absolute Gasteiger partial charge is 0.416 e. The molecule has 21 heavy (non-hydrogen) atoms. The molecule has 1 heterocycles. The van der Waals surface area contributed by atoms with Crippen LogP contribution in [0.25, 0.3) is 0 Å². The van der Waals surface area contributed by atoms with Crippen molar-refractivity contribution in [2.24, 2.45) is 11.3 Å². The van der Waals surface area contributed by atoms with Crippen LogP contribution in [0, 0.1) is 11.3 Å². The van der Waals surface area contributed by atoms with E-state index in [1.807, 2.05) is 13.8 Å². The van der Waals surface area contributed by atoms with Gasteiger partial charge in [0.1, 0.15) is 6.10 Å². The predicted octanol–water partition coefficient (Wildman–Crippen LogP) is 2.91. The van der Waals surface area contributed by atoms with Gasteiger partial charge in [-0.15, -0.1) is 0 Å². The zero-order valence-corrected chi connectivity index (χ0v) is 15.4. The molecule has 0 unspecified atom stereocenters. The number of fused-ring (bicyclic) bond motifs is 3. The maximum Gasteiger partial charge on any atom is 0.192 e. The van der Waals surface area contributed by atoms with E-state index < -0.39 is 20.2 Å². The van der Waals surface area contributed by atoms with Crippen LogP contribution in [0.4, 0.5) is 0 Å². The number of ether oxygens (including phenoxy) is 2. The Morgan fingerprint density at radius 1 is 1.24 bits per heavy atom. The zero-order valence-electron chi connectivity index (χ0n) is 14.4. The monoisotopic (exact) mass is 314 g/mol. The summed E-state index contributed by atoms with van der Waals surface area (Å²) in [4.78, 5) is 0. The summed E-state index contributed by atoms with van der Waals surface area (Å²) in [6.07, 6.45) is 0.405. The van der Waals surface area contributed by atoms with Gasteiger partial charge < -0.3 is 19.0 Å². The van der Waals surface area contributed by atoms with Gasteiger partial charge >= 0.3 is 0 Å². The van der Waals surface area contributed by atoms with Crippen molar-refractivity contribution in [1.82, 2.24) is 0 Å². The lowest BCUT2D eigenvalue weighted by molar-refractivity contribution is -0.168. The number of hydrogen-bond donors (Lipinski definition) is 1. The molecule has 1 aliphatic heterocycles. The maximum absolute atomic E-state index is 10.4. The first-order valence-corrected chi connectivity index (χ1v) is 11.0. The molecule has 0 radical (unpaired) electrons. The summed E-state index contributed by atoms with van der Waals surface area (Å²) in [5.74, 6) is -0.304. The van der Waals surface area contributed by atoms with Crippen molar-refractivity contribution in [3.63, 3.8) is 0 Å². The van der Waals surface area contributed by atoms with Crippen molar-refractivity contribution in [1.29, 1.82) is 0 Å². The van der Waals surface area contributed by atoms with E-state index in [9.17, 15) is 5.11 Å². The molecule has 0 aromatic carbocycles. The first-order valence-electron chi connectivity index (χ1n) is 8.07. The molecule has 5 atom stereocenters. The first-order chi connectivity index (χ1) is 9.40. The molecule has 0 aromatic rings. The quantitative estimate of drug-likeness (QED) is 0.814. The molecule has 3 rings (SSSR count). The van der Waals surface area contributed by atoms with E-state index in [1.165, 1.54) is 0 Å². The topological polar surface area (TPSA) is 47.9 Å². The second kappa shape index (κ2) is 4.32. The Morgan fingerprint density at radius 3 is 2.43 bits per heavy atom. The molecule has 1 N–H and O–H groups in total. The van der Waals surface area contributed by atoms with E-state index in [1.54, 1.807) is 0 Å². The molecule has 1 saturated heterocycles. The number of rotatable bonds is 3. The fourth-order valence-electron chi connectivity index (χ4n) is 3.63. The molecule has 0 amide bonds. The number of aliphatic hydroxyl groups excluding tert-OH is 1. The van der Waals surface area contributed by atoms with Crippen LogP contribution in [0.15, 0.2) is 0 Å². The van der Waals surface area contributed by atoms with Crippen molar-refractivity contribution >= 4 is 8.32 Å². The highest BCUT2D eigenvalue weighted by Crippen LogP contribution is 2.68. The summed E-state index contributed by atoms with van der Waals surface area (Å²) in [5.41, 5.74) is -0.0205. The molecule has 0 aromatic heterocycles. The minimum atomic E-state index is -1.77. The predicted molar refractivity (Wildman–Crippen MR) is 83.5 cm³/mol. The van der Waals surface area contributed by atoms with E-state index in [-0.39, 0.29) is 28.6 Å². The average Bonchev–Trinajstić information content (AvgIpc) is 2.89. The van der Waals surface area contributed by atoms with Gasteiger partial charge in [-0.3, -0.25) is 0 Å². The fourth-order valence-corrected chi connectivity index (χ4v) is 4.69. The van der Waals surface area contributed by atoms with Crippen LogP contribution < -0.4 is 0 Å². The Labute approximate surface area is 129 Å². The third kappa shape index (κ3) is 2.32. The molecule has 2 saturated carbocycles. The van der Waals surface area contributed by atoms with Crippen molar-refractivity contribution in [2.75, 3.05) is 6.61 Å². The van der Waals surface area contributed by atoms with Gasteiger partial charge in [0.05, 0.1) is 12.2 Å². The minimum absolute atomic E-state index is 0.0164.